The predicted molar refractivity (Wildman–Crippen MR) is 120 cm³/mol. The number of aromatic nitrogens is 2. The lowest BCUT2D eigenvalue weighted by atomic mass is 10.1. The van der Waals surface area contributed by atoms with Gasteiger partial charge in [0.05, 0.1) is 32.3 Å². The molecule has 1 aromatic heterocycles. The van der Waals surface area contributed by atoms with Crippen molar-refractivity contribution in [2.45, 2.75) is 13.0 Å². The van der Waals surface area contributed by atoms with E-state index in [-0.39, 0.29) is 36.9 Å². The summed E-state index contributed by atoms with van der Waals surface area (Å²) in [5, 5.41) is 8.08. The lowest BCUT2D eigenvalue weighted by Gasteiger charge is -2.13. The largest absolute Gasteiger partial charge is 0.469 e. The number of nitrogens with one attached hydrogen (secondary N) is 3. The topological polar surface area (TPSA) is 143 Å². The summed E-state index contributed by atoms with van der Waals surface area (Å²) in [7, 11) is 1.27. The molecule has 0 radical (unpaired) electrons. The zero-order valence-corrected chi connectivity index (χ0v) is 18.2. The van der Waals surface area contributed by atoms with Crippen LogP contribution in [0.25, 0.3) is 5.69 Å². The summed E-state index contributed by atoms with van der Waals surface area (Å²) in [6, 6.07) is 14.1. The number of carbonyl (C=O) groups is 4. The molecule has 174 valence electrons. The average molecular weight is 463 g/mol. The molecule has 0 unspecified atom stereocenters. The van der Waals surface area contributed by atoms with Crippen LogP contribution in [-0.2, 0) is 27.3 Å². The molecule has 0 spiro atoms. The summed E-state index contributed by atoms with van der Waals surface area (Å²) in [4.78, 5) is 60.9. The molecule has 34 heavy (non-hydrogen) atoms. The Labute approximate surface area is 193 Å². The number of amides is 4. The number of ether oxygens (including phenoxy) is 1. The Hall–Kier alpha value is -4.67. The molecule has 1 fully saturated rings. The molecule has 1 aliphatic rings. The van der Waals surface area contributed by atoms with Crippen LogP contribution >= 0.6 is 0 Å². The van der Waals surface area contributed by atoms with Gasteiger partial charge < -0.3 is 15.4 Å². The predicted octanol–water partition coefficient (Wildman–Crippen LogP) is 1.19. The van der Waals surface area contributed by atoms with E-state index in [1.54, 1.807) is 48.5 Å². The number of esters is 1. The van der Waals surface area contributed by atoms with Crippen molar-refractivity contribution in [3.63, 3.8) is 0 Å². The smallest absolute Gasteiger partial charge is 0.324 e. The number of urea groups is 1. The van der Waals surface area contributed by atoms with Crippen LogP contribution in [0.5, 0.6) is 0 Å². The molecule has 0 saturated carbocycles. The third-order valence-electron chi connectivity index (χ3n) is 5.19. The molecule has 3 N–H and O–H groups in total. The third kappa shape index (κ3) is 4.88. The van der Waals surface area contributed by atoms with E-state index in [0.717, 1.165) is 4.90 Å². The fourth-order valence-electron chi connectivity index (χ4n) is 3.47. The molecule has 4 rings (SSSR count). The second-order valence-electron chi connectivity index (χ2n) is 7.55. The standard InChI is InChI=1S/C23H21N5O6/c1-34-21(31)11-17-10-19(29)28(26-17)18-7-5-15(6-8-18)22(32)25-16-4-2-3-14(9-16)13-27-20(30)12-24-23(27)33/h2-10,26H,11-13H2,1H3,(H,24,33)(H,25,32). The van der Waals surface area contributed by atoms with Crippen LogP contribution in [0.3, 0.4) is 0 Å². The zero-order chi connectivity index (χ0) is 24.2. The summed E-state index contributed by atoms with van der Waals surface area (Å²) < 4.78 is 5.86. The quantitative estimate of drug-likeness (QED) is 0.355. The minimum Gasteiger partial charge on any atom is -0.469 e. The fraction of sp³-hybridized carbons (Fsp3) is 0.174. The van der Waals surface area contributed by atoms with Crippen molar-refractivity contribution in [2.24, 2.45) is 0 Å². The highest BCUT2D eigenvalue weighted by atomic mass is 16.5. The number of hydrogen-bond acceptors (Lipinski definition) is 6. The van der Waals surface area contributed by atoms with E-state index in [4.69, 9.17) is 0 Å². The van der Waals surface area contributed by atoms with Gasteiger partial charge in [-0.05, 0) is 42.0 Å². The van der Waals surface area contributed by atoms with Gasteiger partial charge in [0, 0.05) is 23.0 Å². The van der Waals surface area contributed by atoms with Crippen LogP contribution in [0.1, 0.15) is 21.6 Å². The first-order valence-corrected chi connectivity index (χ1v) is 10.3. The molecule has 3 aromatic rings. The number of carbonyl (C=O) groups excluding carboxylic acids is 4. The molecule has 0 atom stereocenters. The molecule has 2 heterocycles. The van der Waals surface area contributed by atoms with Gasteiger partial charge in [0.25, 0.3) is 11.5 Å². The minimum absolute atomic E-state index is 0.0214. The van der Waals surface area contributed by atoms with Gasteiger partial charge in [-0.25, -0.2) is 9.48 Å². The molecule has 4 amide bonds. The van der Waals surface area contributed by atoms with E-state index in [1.807, 2.05) is 0 Å². The van der Waals surface area contributed by atoms with Crippen LogP contribution in [0.15, 0.2) is 59.4 Å². The number of nitrogens with zero attached hydrogens (tertiary/aromatic N) is 2. The number of benzene rings is 2. The number of rotatable bonds is 7. The monoisotopic (exact) mass is 463 g/mol. The number of anilines is 1. The maximum Gasteiger partial charge on any atom is 0.324 e. The molecular weight excluding hydrogens is 442 g/mol. The summed E-state index contributed by atoms with van der Waals surface area (Å²) in [6.45, 7) is 0.0817. The van der Waals surface area contributed by atoms with Crippen molar-refractivity contribution in [1.29, 1.82) is 0 Å². The number of aromatic amines is 1. The Morgan fingerprint density at radius 3 is 2.50 bits per heavy atom. The van der Waals surface area contributed by atoms with Gasteiger partial charge in [0.2, 0.25) is 5.91 Å². The van der Waals surface area contributed by atoms with Gasteiger partial charge in [0.1, 0.15) is 0 Å². The van der Waals surface area contributed by atoms with E-state index >= 15 is 0 Å². The van der Waals surface area contributed by atoms with E-state index in [1.165, 1.54) is 17.9 Å². The number of imide groups is 1. The first-order chi connectivity index (χ1) is 16.3. The van der Waals surface area contributed by atoms with Crippen molar-refractivity contribution in [3.8, 4) is 5.69 Å². The third-order valence-corrected chi connectivity index (χ3v) is 5.19. The normalized spacial score (nSPS) is 13.0. The van der Waals surface area contributed by atoms with Crippen LogP contribution in [0.2, 0.25) is 0 Å². The van der Waals surface area contributed by atoms with E-state index in [0.29, 0.717) is 28.2 Å². The summed E-state index contributed by atoms with van der Waals surface area (Å²) in [5.74, 6) is -1.15. The SMILES string of the molecule is COC(=O)Cc1cc(=O)n(-c2ccc(C(=O)Nc3cccc(CN4C(=O)CNC4=O)c3)cc2)[nH]1. The summed E-state index contributed by atoms with van der Waals surface area (Å²) in [6.07, 6.45) is -0.0606. The number of hydrogen-bond donors (Lipinski definition) is 3. The average Bonchev–Trinajstić information content (AvgIpc) is 3.35. The van der Waals surface area contributed by atoms with Gasteiger partial charge in [-0.1, -0.05) is 12.1 Å². The van der Waals surface area contributed by atoms with Gasteiger partial charge in [0.15, 0.2) is 0 Å². The maximum absolute atomic E-state index is 12.7. The van der Waals surface area contributed by atoms with Crippen molar-refractivity contribution < 1.29 is 23.9 Å². The maximum atomic E-state index is 12.7. The first-order valence-electron chi connectivity index (χ1n) is 10.3. The van der Waals surface area contributed by atoms with Crippen molar-refractivity contribution in [2.75, 3.05) is 19.0 Å². The molecular formula is C23H21N5O6. The summed E-state index contributed by atoms with van der Waals surface area (Å²) in [5.41, 5.74) is 2.11. The Kier molecular flexibility index (Phi) is 6.26. The van der Waals surface area contributed by atoms with Crippen molar-refractivity contribution >= 4 is 29.5 Å². The highest BCUT2D eigenvalue weighted by Crippen LogP contribution is 2.16. The van der Waals surface area contributed by atoms with E-state index in [2.05, 4.69) is 20.5 Å². The molecule has 0 aliphatic carbocycles. The Morgan fingerprint density at radius 1 is 1.06 bits per heavy atom. The number of H-pyrrole nitrogens is 1. The molecule has 1 saturated heterocycles. The molecule has 11 heteroatoms. The first kappa shape index (κ1) is 22.5. The van der Waals surface area contributed by atoms with Crippen molar-refractivity contribution in [1.82, 2.24) is 20.0 Å². The van der Waals surface area contributed by atoms with Gasteiger partial charge in [-0.3, -0.25) is 29.2 Å². The van der Waals surface area contributed by atoms with Crippen LogP contribution in [0, 0.1) is 0 Å². The van der Waals surface area contributed by atoms with Gasteiger partial charge in [-0.2, -0.15) is 0 Å². The Morgan fingerprint density at radius 2 is 1.82 bits per heavy atom. The summed E-state index contributed by atoms with van der Waals surface area (Å²) >= 11 is 0. The van der Waals surface area contributed by atoms with Gasteiger partial charge in [-0.15, -0.1) is 0 Å². The second kappa shape index (κ2) is 9.45. The lowest BCUT2D eigenvalue weighted by Crippen LogP contribution is -2.30. The zero-order valence-electron chi connectivity index (χ0n) is 18.2. The van der Waals surface area contributed by atoms with E-state index in [9.17, 15) is 24.0 Å². The number of methoxy groups -OCH3 is 1. The van der Waals surface area contributed by atoms with Crippen molar-refractivity contribution in [3.05, 3.63) is 81.8 Å². The second-order valence-corrected chi connectivity index (χ2v) is 7.55. The van der Waals surface area contributed by atoms with Gasteiger partial charge >= 0.3 is 12.0 Å². The molecule has 2 aromatic carbocycles. The molecule has 1 aliphatic heterocycles. The lowest BCUT2D eigenvalue weighted by molar-refractivity contribution is -0.139. The fourth-order valence-corrected chi connectivity index (χ4v) is 3.47. The highest BCUT2D eigenvalue weighted by molar-refractivity contribution is 6.04. The molecule has 11 nitrogen and oxygen atoms in total. The van der Waals surface area contributed by atoms with Crippen LogP contribution in [0.4, 0.5) is 10.5 Å². The van der Waals surface area contributed by atoms with Crippen LogP contribution in [-0.4, -0.2) is 52.1 Å². The highest BCUT2D eigenvalue weighted by Gasteiger charge is 2.28. The molecule has 0 bridgehead atoms. The minimum atomic E-state index is -0.472. The van der Waals surface area contributed by atoms with E-state index < -0.39 is 12.0 Å². The van der Waals surface area contributed by atoms with Crippen LogP contribution < -0.4 is 16.2 Å². The Bertz CT molecular complexity index is 1310. The Balaban J connectivity index is 1.44.